The molecular weight excluding hydrogens is 121 g/mol. The standard InChI is InChI=1S/C2H10B9/c3-1-2(4-8-7-3)6-10-11-9-5-1/h1-5,7-11H/q-1. The van der Waals surface area contributed by atoms with Gasteiger partial charge < -0.3 is 7.17 Å². The number of fused-ring (bicyclic) bond motifs is 1. The fourth-order valence-corrected chi connectivity index (χ4v) is 2.79. The van der Waals surface area contributed by atoms with Crippen LogP contribution in [0.3, 0.4) is 0 Å². The van der Waals surface area contributed by atoms with Gasteiger partial charge in [-0.25, -0.2) is 0 Å². The molecule has 0 nitrogen and oxygen atoms in total. The highest BCUT2D eigenvalue weighted by Gasteiger charge is 2.21. The minimum absolute atomic E-state index is 1.02. The molecule has 0 amide bonds. The fraction of sp³-hybridized carbons (Fsp3) is 1.00. The van der Waals surface area contributed by atoms with Crippen LogP contribution < -0.4 is 0 Å². The van der Waals surface area contributed by atoms with Crippen molar-refractivity contribution in [2.45, 2.75) is 11.4 Å². The molecule has 0 saturated carbocycles. The molecule has 2 aliphatic heterocycles. The highest BCUT2D eigenvalue weighted by Crippen LogP contribution is 2.22. The maximum absolute atomic E-state index is 2.62. The van der Waals surface area contributed by atoms with Crippen molar-refractivity contribution in [2.24, 2.45) is 0 Å². The molecule has 0 N–H and O–H groups in total. The summed E-state index contributed by atoms with van der Waals surface area (Å²) >= 11 is 0. The molecule has 46 valence electrons. The van der Waals surface area contributed by atoms with Crippen LogP contribution in [0.5, 0.6) is 0 Å². The molecule has 0 aromatic rings. The first-order valence-corrected chi connectivity index (χ1v) is 5.30. The largest absolute Gasteiger partial charge is 0.391 e. The van der Waals surface area contributed by atoms with E-state index in [-0.39, 0.29) is 0 Å². The van der Waals surface area contributed by atoms with E-state index < -0.39 is 0 Å². The van der Waals surface area contributed by atoms with Gasteiger partial charge in [-0.3, -0.25) is 5.72 Å². The summed E-state index contributed by atoms with van der Waals surface area (Å²) in [5.74, 6) is 0. The molecule has 11 heavy (non-hydrogen) atoms. The Morgan fingerprint density at radius 2 is 1.55 bits per heavy atom. The summed E-state index contributed by atoms with van der Waals surface area (Å²) in [7, 11) is 14.6. The Hall–Kier alpha value is 0.584. The molecule has 0 spiro atoms. The third kappa shape index (κ3) is 2.03. The Bertz CT molecular complexity index is 111. The summed E-state index contributed by atoms with van der Waals surface area (Å²) < 4.78 is 0. The van der Waals surface area contributed by atoms with Gasteiger partial charge >= 0.3 is 0 Å². The van der Waals surface area contributed by atoms with E-state index in [0.29, 0.717) is 0 Å². The average molecular weight is 131 g/mol. The summed E-state index contributed by atoms with van der Waals surface area (Å²) in [5.41, 5.74) is 2.11. The fourth-order valence-electron chi connectivity index (χ4n) is 2.79. The van der Waals surface area contributed by atoms with Crippen molar-refractivity contribution >= 4 is 64.0 Å². The van der Waals surface area contributed by atoms with Crippen LogP contribution in [-0.4, -0.2) is 64.0 Å². The highest BCUT2D eigenvalue weighted by molar-refractivity contribution is 7.58. The Balaban J connectivity index is 1.93. The van der Waals surface area contributed by atoms with E-state index in [4.69, 9.17) is 0 Å². The number of rotatable bonds is 0. The summed E-state index contributed by atoms with van der Waals surface area (Å²) in [6.07, 6.45) is 0. The number of hydrogen-bond donors (Lipinski definition) is 0. The molecule has 0 aliphatic carbocycles. The van der Waals surface area contributed by atoms with Gasteiger partial charge in [-0.05, 0) is 0 Å². The van der Waals surface area contributed by atoms with Gasteiger partial charge in [0.25, 0.3) is 0 Å². The Labute approximate surface area is 75.9 Å². The molecule has 2 fully saturated rings. The molecule has 2 heterocycles. The zero-order valence-electron chi connectivity index (χ0n) is 7.39. The molecule has 2 aliphatic rings. The quantitative estimate of drug-likeness (QED) is 0.289. The van der Waals surface area contributed by atoms with Crippen molar-refractivity contribution < 1.29 is 0 Å². The van der Waals surface area contributed by atoms with Crippen molar-refractivity contribution in [1.82, 2.24) is 0 Å². The molecule has 2 atom stereocenters. The molecule has 2 unspecified atom stereocenters. The Morgan fingerprint density at radius 3 is 2.45 bits per heavy atom. The van der Waals surface area contributed by atoms with Crippen molar-refractivity contribution in [2.75, 3.05) is 0 Å². The van der Waals surface area contributed by atoms with E-state index in [2.05, 4.69) is 7.17 Å². The van der Waals surface area contributed by atoms with E-state index in [1.807, 2.05) is 0 Å². The number of hydrogen-bond acceptors (Lipinski definition) is 0. The van der Waals surface area contributed by atoms with Gasteiger partial charge in [0.05, 0.1) is 14.3 Å². The van der Waals surface area contributed by atoms with E-state index in [0.717, 1.165) is 11.4 Å². The molecule has 9 heteroatoms. The lowest BCUT2D eigenvalue weighted by Gasteiger charge is -2.38. The third-order valence-corrected chi connectivity index (χ3v) is 3.47. The first-order valence-electron chi connectivity index (χ1n) is 5.30. The minimum atomic E-state index is 1.02. The molecule has 2 rings (SSSR count). The van der Waals surface area contributed by atoms with Crippen molar-refractivity contribution in [3.8, 4) is 0 Å². The van der Waals surface area contributed by atoms with Gasteiger partial charge in [-0.2, -0.15) is 7.06 Å². The predicted octanol–water partition coefficient (Wildman–Crippen LogP) is -4.89. The summed E-state index contributed by atoms with van der Waals surface area (Å²) in [5, 5.41) is 0. The van der Waals surface area contributed by atoms with Crippen LogP contribution in [0.15, 0.2) is 0 Å². The first-order chi connectivity index (χ1) is 5.47. The van der Waals surface area contributed by atoms with E-state index in [1.165, 1.54) is 56.8 Å². The lowest BCUT2D eigenvalue weighted by molar-refractivity contribution is 1.23. The smallest absolute Gasteiger partial charge is 0.0678 e. The predicted molar refractivity (Wildman–Crippen MR) is 70.4 cm³/mol. The lowest BCUT2D eigenvalue weighted by Crippen LogP contribution is -2.40. The van der Waals surface area contributed by atoms with Crippen LogP contribution in [0.4, 0.5) is 0 Å². The summed E-state index contributed by atoms with van der Waals surface area (Å²) in [4.78, 5) is 0. The van der Waals surface area contributed by atoms with Gasteiger partial charge in [0.2, 0.25) is 0 Å². The van der Waals surface area contributed by atoms with Gasteiger partial charge in [0.15, 0.2) is 0 Å². The lowest BCUT2D eigenvalue weighted by atomic mass is 8.93. The maximum atomic E-state index is 2.62. The van der Waals surface area contributed by atoms with Crippen LogP contribution >= 0.6 is 0 Å². The molecule has 2 radical (unpaired) electrons. The van der Waals surface area contributed by atoms with Gasteiger partial charge in [-0.1, -0.05) is 0 Å². The van der Waals surface area contributed by atoms with Crippen LogP contribution in [0, 0.1) is 0 Å². The maximum Gasteiger partial charge on any atom is 0.0678 e. The van der Waals surface area contributed by atoms with Gasteiger partial charge in [0, 0.05) is 35.4 Å². The Kier molecular flexibility index (Phi) is 2.98. The van der Waals surface area contributed by atoms with Crippen molar-refractivity contribution in [3.63, 3.8) is 0 Å². The molecular formula is C2H10B9-. The zero-order valence-corrected chi connectivity index (χ0v) is 7.39. The van der Waals surface area contributed by atoms with Gasteiger partial charge in [0.1, 0.15) is 0 Å². The van der Waals surface area contributed by atoms with Crippen LogP contribution in [0.2, 0.25) is 11.4 Å². The van der Waals surface area contributed by atoms with Crippen molar-refractivity contribution in [3.05, 3.63) is 0 Å². The van der Waals surface area contributed by atoms with E-state index in [9.17, 15) is 0 Å². The second-order valence-electron chi connectivity index (χ2n) is 4.23. The normalized spacial score (nSPS) is 33.5. The topological polar surface area (TPSA) is 0 Å². The second-order valence-corrected chi connectivity index (χ2v) is 4.23. The molecule has 0 bridgehead atoms. The SMILES string of the molecule is [B-]1BBBBC2BBBBC12. The highest BCUT2D eigenvalue weighted by atomic mass is 13.8. The van der Waals surface area contributed by atoms with Crippen molar-refractivity contribution in [1.29, 1.82) is 0 Å². The van der Waals surface area contributed by atoms with Crippen LogP contribution in [0.1, 0.15) is 0 Å². The minimum Gasteiger partial charge on any atom is -0.391 e. The Morgan fingerprint density at radius 1 is 0.818 bits per heavy atom. The molecule has 0 aromatic carbocycles. The van der Waals surface area contributed by atoms with E-state index in [1.54, 1.807) is 0 Å². The summed E-state index contributed by atoms with van der Waals surface area (Å²) in [6.45, 7) is 0. The van der Waals surface area contributed by atoms with Crippen LogP contribution in [0.25, 0.3) is 0 Å². The van der Waals surface area contributed by atoms with Crippen LogP contribution in [-0.2, 0) is 0 Å². The third-order valence-electron chi connectivity index (χ3n) is 3.47. The zero-order chi connectivity index (χ0) is 7.52. The van der Waals surface area contributed by atoms with E-state index >= 15 is 0 Å². The second kappa shape index (κ2) is 4.00. The summed E-state index contributed by atoms with van der Waals surface area (Å²) in [6, 6.07) is 0. The van der Waals surface area contributed by atoms with Gasteiger partial charge in [-0.15, -0.1) is 5.72 Å². The monoisotopic (exact) mass is 133 g/mol. The first kappa shape index (κ1) is 8.19. The molecule has 0 aromatic heterocycles. The molecule has 2 saturated heterocycles. The average Bonchev–Trinajstić information content (AvgIpc) is 2.28.